The van der Waals surface area contributed by atoms with Crippen LogP contribution in [0.4, 0.5) is 0 Å². The summed E-state index contributed by atoms with van der Waals surface area (Å²) in [6.07, 6.45) is 5.03. The van der Waals surface area contributed by atoms with Crippen molar-refractivity contribution in [3.8, 4) is 5.75 Å². The Morgan fingerprint density at radius 3 is 2.23 bits per heavy atom. The second kappa shape index (κ2) is 12.8. The minimum Gasteiger partial charge on any atom is -0.507 e. The summed E-state index contributed by atoms with van der Waals surface area (Å²) < 4.78 is 8.05. The smallest absolute Gasteiger partial charge is 0.339 e. The minimum atomic E-state index is -1.11. The molecule has 3 aromatic carbocycles. The van der Waals surface area contributed by atoms with E-state index in [0.717, 1.165) is 11.1 Å². The molecule has 0 saturated heterocycles. The summed E-state index contributed by atoms with van der Waals surface area (Å²) in [6, 6.07) is 16.5. The van der Waals surface area contributed by atoms with E-state index >= 15 is 0 Å². The number of carboxylic acids is 1. The van der Waals surface area contributed by atoms with Crippen molar-refractivity contribution >= 4 is 52.4 Å². The standard InChI is InChI=1S/C18H14Cl4N2O.C7H6O3/c19-13-2-1-12(16(21)7-13)10-25-18(9-24-6-5-23-11-24)15-4-3-14(20)8-17(15)22;8-6-4-2-1-3-5(6)7(9)10/h1-8,11,18H,9-10H2;1-4,8H,(H,9,10)/t18-;/m0./s1. The van der Waals surface area contributed by atoms with Crippen LogP contribution >= 0.6 is 46.4 Å². The average Bonchev–Trinajstić information content (AvgIpc) is 3.32. The first-order chi connectivity index (χ1) is 16.7. The van der Waals surface area contributed by atoms with E-state index in [1.165, 1.54) is 12.1 Å². The summed E-state index contributed by atoms with van der Waals surface area (Å²) in [4.78, 5) is 14.3. The molecule has 2 N–H and O–H groups in total. The number of carbonyl (C=O) groups is 1. The molecule has 0 amide bonds. The average molecular weight is 554 g/mol. The molecular weight excluding hydrogens is 534 g/mol. The molecule has 4 aromatic rings. The number of carboxylic acid groups (broad SMARTS) is 1. The zero-order valence-electron chi connectivity index (χ0n) is 18.1. The number of aromatic nitrogens is 2. The predicted molar refractivity (Wildman–Crippen MR) is 138 cm³/mol. The highest BCUT2D eigenvalue weighted by Gasteiger charge is 2.17. The van der Waals surface area contributed by atoms with E-state index in [4.69, 9.17) is 61.4 Å². The van der Waals surface area contributed by atoms with E-state index < -0.39 is 5.97 Å². The molecule has 0 spiro atoms. The van der Waals surface area contributed by atoms with E-state index in [1.54, 1.807) is 48.9 Å². The molecule has 10 heteroatoms. The van der Waals surface area contributed by atoms with Crippen LogP contribution in [0.15, 0.2) is 79.4 Å². The zero-order chi connectivity index (χ0) is 25.4. The van der Waals surface area contributed by atoms with Crippen molar-refractivity contribution in [3.63, 3.8) is 0 Å². The Bertz CT molecular complexity index is 1280. The minimum absolute atomic E-state index is 0.0671. The van der Waals surface area contributed by atoms with E-state index in [1.807, 2.05) is 22.9 Å². The van der Waals surface area contributed by atoms with E-state index in [-0.39, 0.29) is 17.4 Å². The van der Waals surface area contributed by atoms with Gasteiger partial charge in [0.05, 0.1) is 19.5 Å². The van der Waals surface area contributed by atoms with Gasteiger partial charge in [-0.15, -0.1) is 0 Å². The Morgan fingerprint density at radius 2 is 1.66 bits per heavy atom. The van der Waals surface area contributed by atoms with Crippen molar-refractivity contribution in [2.24, 2.45) is 0 Å². The number of benzene rings is 3. The third-order valence-electron chi connectivity index (χ3n) is 4.83. The number of aromatic carboxylic acids is 1. The maximum absolute atomic E-state index is 10.3. The monoisotopic (exact) mass is 552 g/mol. The molecule has 0 saturated carbocycles. The van der Waals surface area contributed by atoms with Crippen LogP contribution in [0.2, 0.25) is 20.1 Å². The van der Waals surface area contributed by atoms with Gasteiger partial charge < -0.3 is 19.5 Å². The van der Waals surface area contributed by atoms with Gasteiger partial charge in [-0.1, -0.05) is 70.7 Å². The molecule has 0 aliphatic rings. The van der Waals surface area contributed by atoms with E-state index in [0.29, 0.717) is 33.2 Å². The van der Waals surface area contributed by atoms with Gasteiger partial charge in [0.15, 0.2) is 0 Å². The molecule has 6 nitrogen and oxygen atoms in total. The topological polar surface area (TPSA) is 84.6 Å². The Hall–Kier alpha value is -2.74. The second-order valence-corrected chi connectivity index (χ2v) is 8.97. The maximum atomic E-state index is 10.3. The molecular formula is C25H20Cl4N2O4. The van der Waals surface area contributed by atoms with Crippen molar-refractivity contribution in [1.82, 2.24) is 9.55 Å². The first-order valence-electron chi connectivity index (χ1n) is 10.2. The molecule has 1 heterocycles. The Morgan fingerprint density at radius 1 is 0.971 bits per heavy atom. The third-order valence-corrected chi connectivity index (χ3v) is 5.98. The Balaban J connectivity index is 0.000000287. The molecule has 0 radical (unpaired) electrons. The highest BCUT2D eigenvalue weighted by molar-refractivity contribution is 6.35. The van der Waals surface area contributed by atoms with Gasteiger partial charge in [0.25, 0.3) is 0 Å². The molecule has 35 heavy (non-hydrogen) atoms. The number of nitrogens with zero attached hydrogens (tertiary/aromatic N) is 2. The number of halogens is 4. The highest BCUT2D eigenvalue weighted by Crippen LogP contribution is 2.31. The van der Waals surface area contributed by atoms with Crippen LogP contribution < -0.4 is 0 Å². The number of ether oxygens (including phenoxy) is 1. The molecule has 182 valence electrons. The van der Waals surface area contributed by atoms with Gasteiger partial charge in [0, 0.05) is 38.0 Å². The van der Waals surface area contributed by atoms with Crippen LogP contribution in [0, 0.1) is 0 Å². The Labute approximate surface area is 222 Å². The van der Waals surface area contributed by atoms with Crippen LogP contribution in [0.5, 0.6) is 5.75 Å². The third kappa shape index (κ3) is 7.88. The maximum Gasteiger partial charge on any atom is 0.339 e. The normalized spacial score (nSPS) is 11.4. The molecule has 4 rings (SSSR count). The van der Waals surface area contributed by atoms with Gasteiger partial charge >= 0.3 is 5.97 Å². The van der Waals surface area contributed by atoms with Crippen molar-refractivity contribution in [2.75, 3.05) is 0 Å². The van der Waals surface area contributed by atoms with Crippen LogP contribution in [0.3, 0.4) is 0 Å². The van der Waals surface area contributed by atoms with Gasteiger partial charge in [-0.3, -0.25) is 0 Å². The van der Waals surface area contributed by atoms with Crippen LogP contribution in [-0.2, 0) is 17.9 Å². The lowest BCUT2D eigenvalue weighted by molar-refractivity contribution is 0.0281. The first-order valence-corrected chi connectivity index (χ1v) is 11.7. The van der Waals surface area contributed by atoms with Gasteiger partial charge in [-0.25, -0.2) is 9.78 Å². The molecule has 0 fully saturated rings. The van der Waals surface area contributed by atoms with Crippen LogP contribution in [-0.4, -0.2) is 25.7 Å². The van der Waals surface area contributed by atoms with Gasteiger partial charge in [-0.05, 0) is 42.0 Å². The van der Waals surface area contributed by atoms with Gasteiger partial charge in [0.1, 0.15) is 17.4 Å². The number of hydrogen-bond donors (Lipinski definition) is 2. The molecule has 1 atom stereocenters. The van der Waals surface area contributed by atoms with Crippen LogP contribution in [0.1, 0.15) is 27.6 Å². The number of phenols is 1. The predicted octanol–water partition coefficient (Wildman–Crippen LogP) is 7.55. The van der Waals surface area contributed by atoms with Crippen molar-refractivity contribution in [2.45, 2.75) is 19.3 Å². The largest absolute Gasteiger partial charge is 0.507 e. The van der Waals surface area contributed by atoms with Crippen molar-refractivity contribution in [1.29, 1.82) is 0 Å². The summed E-state index contributed by atoms with van der Waals surface area (Å²) in [7, 11) is 0. The summed E-state index contributed by atoms with van der Waals surface area (Å²) in [6.45, 7) is 0.890. The van der Waals surface area contributed by atoms with Crippen molar-refractivity contribution < 1.29 is 19.7 Å². The van der Waals surface area contributed by atoms with Crippen molar-refractivity contribution in [3.05, 3.63) is 116 Å². The molecule has 1 aromatic heterocycles. The lowest BCUT2D eigenvalue weighted by atomic mass is 10.1. The summed E-state index contributed by atoms with van der Waals surface area (Å²) in [5.41, 5.74) is 1.64. The van der Waals surface area contributed by atoms with E-state index in [9.17, 15) is 4.79 Å². The fourth-order valence-corrected chi connectivity index (χ4v) is 4.07. The summed E-state index contributed by atoms with van der Waals surface area (Å²) in [5.74, 6) is -1.31. The quantitative estimate of drug-likeness (QED) is 0.247. The highest BCUT2D eigenvalue weighted by atomic mass is 35.5. The molecule has 0 unspecified atom stereocenters. The molecule has 0 aliphatic heterocycles. The molecule has 0 aliphatic carbocycles. The lowest BCUT2D eigenvalue weighted by Gasteiger charge is -2.21. The van der Waals surface area contributed by atoms with E-state index in [2.05, 4.69) is 4.98 Å². The fraction of sp³-hybridized carbons (Fsp3) is 0.120. The number of hydrogen-bond acceptors (Lipinski definition) is 4. The zero-order valence-corrected chi connectivity index (χ0v) is 21.1. The number of aromatic hydroxyl groups is 1. The second-order valence-electron chi connectivity index (χ2n) is 7.28. The first kappa shape index (κ1) is 26.9. The van der Waals surface area contributed by atoms with Crippen LogP contribution in [0.25, 0.3) is 0 Å². The fourth-order valence-electron chi connectivity index (χ4n) is 3.07. The number of imidazole rings is 1. The van der Waals surface area contributed by atoms with Gasteiger partial charge in [-0.2, -0.15) is 0 Å². The van der Waals surface area contributed by atoms with Gasteiger partial charge in [0.2, 0.25) is 0 Å². The number of para-hydroxylation sites is 1. The summed E-state index contributed by atoms with van der Waals surface area (Å²) >= 11 is 24.5. The number of rotatable bonds is 7. The SMILES string of the molecule is Clc1ccc(CO[C@@H](Cn2ccnc2)c2ccc(Cl)cc2Cl)c(Cl)c1.O=C(O)c1ccccc1O. The Kier molecular flexibility index (Phi) is 9.83. The summed E-state index contributed by atoms with van der Waals surface area (Å²) in [5, 5.41) is 19.6. The molecule has 0 bridgehead atoms. The lowest BCUT2D eigenvalue weighted by Crippen LogP contribution is -2.12.